The standard InChI is InChI=1S/C19H17ClN6O2S/c1-9(2)26-8-11(6-12(10(3)27)18(26)28)17-24-25-19(29-17)22-15-5-4-14-13(16(15)20)7-21-23-14/h4-9H,1-3H3,(H,21,23)(H,22,25). The maximum atomic E-state index is 12.5. The fourth-order valence-electron chi connectivity index (χ4n) is 2.94. The van der Waals surface area contributed by atoms with E-state index >= 15 is 0 Å². The average molecular weight is 429 g/mol. The number of benzene rings is 1. The van der Waals surface area contributed by atoms with Gasteiger partial charge in [0.2, 0.25) is 5.13 Å². The van der Waals surface area contributed by atoms with Crippen molar-refractivity contribution in [3.05, 3.63) is 51.5 Å². The Balaban J connectivity index is 1.71. The van der Waals surface area contributed by atoms with Crippen molar-refractivity contribution in [2.45, 2.75) is 26.8 Å². The number of hydrogen-bond acceptors (Lipinski definition) is 7. The number of Topliss-reactive ketones (excluding diaryl/α,β-unsaturated/α-hetero) is 1. The number of carbonyl (C=O) groups excluding carboxylic acids is 1. The first kappa shape index (κ1) is 19.3. The molecule has 1 aromatic carbocycles. The molecule has 8 nitrogen and oxygen atoms in total. The van der Waals surface area contributed by atoms with Gasteiger partial charge in [0, 0.05) is 23.2 Å². The molecule has 3 heterocycles. The van der Waals surface area contributed by atoms with Crippen molar-refractivity contribution in [3.8, 4) is 10.6 Å². The third-order valence-corrected chi connectivity index (χ3v) is 5.75. The Morgan fingerprint density at radius 1 is 1.31 bits per heavy atom. The van der Waals surface area contributed by atoms with Crippen LogP contribution < -0.4 is 10.9 Å². The third-order valence-electron chi connectivity index (χ3n) is 4.45. The first-order valence-corrected chi connectivity index (χ1v) is 10.0. The predicted octanol–water partition coefficient (Wildman–Crippen LogP) is 4.42. The zero-order valence-electron chi connectivity index (χ0n) is 15.9. The van der Waals surface area contributed by atoms with E-state index in [4.69, 9.17) is 11.6 Å². The molecule has 4 aromatic rings. The number of H-pyrrole nitrogens is 1. The molecule has 0 fully saturated rings. The lowest BCUT2D eigenvalue weighted by Crippen LogP contribution is -2.26. The number of halogens is 1. The molecule has 0 radical (unpaired) electrons. The van der Waals surface area contributed by atoms with Gasteiger partial charge < -0.3 is 9.88 Å². The van der Waals surface area contributed by atoms with Crippen molar-refractivity contribution in [1.82, 2.24) is 25.0 Å². The Labute approximate surface area is 174 Å². The van der Waals surface area contributed by atoms with Crippen molar-refractivity contribution in [2.24, 2.45) is 0 Å². The highest BCUT2D eigenvalue weighted by Gasteiger charge is 2.16. The lowest BCUT2D eigenvalue weighted by atomic mass is 10.1. The number of carbonyl (C=O) groups is 1. The highest BCUT2D eigenvalue weighted by molar-refractivity contribution is 7.18. The van der Waals surface area contributed by atoms with Crippen LogP contribution in [-0.2, 0) is 0 Å². The normalized spacial score (nSPS) is 11.3. The number of ketones is 1. The van der Waals surface area contributed by atoms with Crippen molar-refractivity contribution in [1.29, 1.82) is 0 Å². The minimum atomic E-state index is -0.306. The van der Waals surface area contributed by atoms with E-state index in [-0.39, 0.29) is 22.9 Å². The van der Waals surface area contributed by atoms with Gasteiger partial charge in [-0.25, -0.2) is 0 Å². The van der Waals surface area contributed by atoms with Crippen LogP contribution >= 0.6 is 22.9 Å². The molecule has 0 aliphatic carbocycles. The number of nitrogens with zero attached hydrogens (tertiary/aromatic N) is 4. The number of rotatable bonds is 5. The van der Waals surface area contributed by atoms with Gasteiger partial charge in [-0.1, -0.05) is 22.9 Å². The number of aromatic nitrogens is 5. The van der Waals surface area contributed by atoms with Crippen LogP contribution in [0.15, 0.2) is 35.4 Å². The van der Waals surface area contributed by atoms with Crippen molar-refractivity contribution >= 4 is 50.4 Å². The summed E-state index contributed by atoms with van der Waals surface area (Å²) in [7, 11) is 0. The fraction of sp³-hybridized carbons (Fsp3) is 0.211. The Kier molecular flexibility index (Phi) is 4.93. The molecule has 0 saturated carbocycles. The first-order chi connectivity index (χ1) is 13.8. The summed E-state index contributed by atoms with van der Waals surface area (Å²) in [5.41, 5.74) is 2.00. The summed E-state index contributed by atoms with van der Waals surface area (Å²) in [5.74, 6) is -0.283. The second-order valence-corrected chi connectivity index (χ2v) is 8.16. The highest BCUT2D eigenvalue weighted by Crippen LogP contribution is 2.34. The first-order valence-electron chi connectivity index (χ1n) is 8.84. The Hall–Kier alpha value is -3.04. The minimum absolute atomic E-state index is 0.0911. The fourth-order valence-corrected chi connectivity index (χ4v) is 3.94. The Morgan fingerprint density at radius 3 is 2.83 bits per heavy atom. The van der Waals surface area contributed by atoms with Crippen LogP contribution in [0.3, 0.4) is 0 Å². The number of aromatic amines is 1. The van der Waals surface area contributed by atoms with E-state index in [0.29, 0.717) is 26.4 Å². The van der Waals surface area contributed by atoms with Crippen LogP contribution in [0.1, 0.15) is 37.2 Å². The third kappa shape index (κ3) is 3.54. The number of anilines is 2. The van der Waals surface area contributed by atoms with Crippen molar-refractivity contribution in [2.75, 3.05) is 5.32 Å². The Morgan fingerprint density at radius 2 is 2.10 bits per heavy atom. The molecule has 0 aliphatic heterocycles. The molecule has 148 valence electrons. The van der Waals surface area contributed by atoms with Gasteiger partial charge >= 0.3 is 0 Å². The van der Waals surface area contributed by atoms with Gasteiger partial charge in [-0.3, -0.25) is 14.7 Å². The second kappa shape index (κ2) is 7.41. The molecular weight excluding hydrogens is 412 g/mol. The van der Waals surface area contributed by atoms with Gasteiger partial charge in [-0.05, 0) is 39.0 Å². The molecule has 3 aromatic heterocycles. The summed E-state index contributed by atoms with van der Waals surface area (Å²) in [6, 6.07) is 5.18. The molecule has 10 heteroatoms. The molecule has 0 bridgehead atoms. The van der Waals surface area contributed by atoms with E-state index in [1.165, 1.54) is 22.8 Å². The summed E-state index contributed by atoms with van der Waals surface area (Å²) < 4.78 is 1.53. The van der Waals surface area contributed by atoms with Gasteiger partial charge in [-0.2, -0.15) is 5.10 Å². The number of hydrogen-bond donors (Lipinski definition) is 2. The number of pyridine rings is 1. The molecule has 0 saturated heterocycles. The molecule has 29 heavy (non-hydrogen) atoms. The molecule has 0 amide bonds. The van der Waals surface area contributed by atoms with Crippen LogP contribution in [0.4, 0.5) is 10.8 Å². The summed E-state index contributed by atoms with van der Waals surface area (Å²) in [6.07, 6.45) is 3.36. The molecule has 0 aliphatic rings. The van der Waals surface area contributed by atoms with E-state index in [1.54, 1.807) is 18.5 Å². The number of nitrogens with one attached hydrogen (secondary N) is 2. The highest BCUT2D eigenvalue weighted by atomic mass is 35.5. The molecule has 0 atom stereocenters. The van der Waals surface area contributed by atoms with E-state index < -0.39 is 0 Å². The largest absolute Gasteiger partial charge is 0.329 e. The van der Waals surface area contributed by atoms with Crippen molar-refractivity contribution in [3.63, 3.8) is 0 Å². The second-order valence-electron chi connectivity index (χ2n) is 6.80. The molecule has 4 rings (SSSR count). The monoisotopic (exact) mass is 428 g/mol. The maximum absolute atomic E-state index is 12.5. The maximum Gasteiger partial charge on any atom is 0.261 e. The summed E-state index contributed by atoms with van der Waals surface area (Å²) in [4.78, 5) is 24.4. The number of fused-ring (bicyclic) bond motifs is 1. The lowest BCUT2D eigenvalue weighted by molar-refractivity contribution is 0.101. The quantitative estimate of drug-likeness (QED) is 0.455. The zero-order valence-corrected chi connectivity index (χ0v) is 17.4. The molecule has 0 unspecified atom stereocenters. The van der Waals surface area contributed by atoms with Gasteiger partial charge in [0.25, 0.3) is 5.56 Å². The predicted molar refractivity (Wildman–Crippen MR) is 114 cm³/mol. The SMILES string of the molecule is CC(=O)c1cc(-c2nnc(Nc3ccc4[nH]ncc4c3Cl)s2)cn(C(C)C)c1=O. The van der Waals surface area contributed by atoms with Crippen LogP contribution in [-0.4, -0.2) is 30.7 Å². The van der Waals surface area contributed by atoms with E-state index in [0.717, 1.165) is 10.9 Å². The van der Waals surface area contributed by atoms with Gasteiger partial charge in [0.15, 0.2) is 10.8 Å². The summed E-state index contributed by atoms with van der Waals surface area (Å²) in [6.45, 7) is 5.15. The Bertz CT molecular complexity index is 1290. The minimum Gasteiger partial charge on any atom is -0.329 e. The summed E-state index contributed by atoms with van der Waals surface area (Å²) >= 11 is 7.75. The smallest absolute Gasteiger partial charge is 0.261 e. The molecule has 2 N–H and O–H groups in total. The van der Waals surface area contributed by atoms with Crippen molar-refractivity contribution < 1.29 is 4.79 Å². The van der Waals surface area contributed by atoms with Crippen LogP contribution in [0.25, 0.3) is 21.5 Å². The lowest BCUT2D eigenvalue weighted by Gasteiger charge is -2.12. The topological polar surface area (TPSA) is 106 Å². The van der Waals surface area contributed by atoms with Crippen LogP contribution in [0.2, 0.25) is 5.02 Å². The van der Waals surface area contributed by atoms with Crippen LogP contribution in [0, 0.1) is 0 Å². The molecule has 0 spiro atoms. The molecular formula is C19H17ClN6O2S. The van der Waals surface area contributed by atoms with Gasteiger partial charge in [-0.15, -0.1) is 10.2 Å². The van der Waals surface area contributed by atoms with Gasteiger partial charge in [0.1, 0.15) is 0 Å². The van der Waals surface area contributed by atoms with E-state index in [2.05, 4.69) is 25.7 Å². The summed E-state index contributed by atoms with van der Waals surface area (Å²) in [5, 5.41) is 20.9. The average Bonchev–Trinajstić information content (AvgIpc) is 3.33. The van der Waals surface area contributed by atoms with E-state index in [1.807, 2.05) is 26.0 Å². The van der Waals surface area contributed by atoms with E-state index in [9.17, 15) is 9.59 Å². The van der Waals surface area contributed by atoms with Crippen LogP contribution in [0.5, 0.6) is 0 Å². The zero-order chi connectivity index (χ0) is 20.7. The van der Waals surface area contributed by atoms with Gasteiger partial charge in [0.05, 0.1) is 28.0 Å².